The summed E-state index contributed by atoms with van der Waals surface area (Å²) in [6.45, 7) is 13.4. The summed E-state index contributed by atoms with van der Waals surface area (Å²) in [5.41, 5.74) is 0.927. The topological polar surface area (TPSA) is 75.6 Å². The normalized spacial score (nSPS) is 29.8. The summed E-state index contributed by atoms with van der Waals surface area (Å²) in [5.74, 6) is 0.371. The van der Waals surface area contributed by atoms with Crippen LogP contribution in [0.15, 0.2) is 24.3 Å². The lowest BCUT2D eigenvalue weighted by atomic mass is 9.89. The second-order valence-corrected chi connectivity index (χ2v) is 15.1. The number of aliphatic hydroxyl groups is 1. The van der Waals surface area contributed by atoms with Crippen molar-refractivity contribution in [3.63, 3.8) is 0 Å². The zero-order chi connectivity index (χ0) is 25.6. The molecule has 200 valence electrons. The van der Waals surface area contributed by atoms with Crippen molar-refractivity contribution in [3.8, 4) is 5.75 Å². The first kappa shape index (κ1) is 28.6. The summed E-state index contributed by atoms with van der Waals surface area (Å²) in [7, 11) is -0.305. The SMILES string of the molecule is CC[Si](CC)(CC)O[C@H]1[C@H]([C@H](C)C[C@@H]2COC(C)(C)O2)O[C@H](c2ccc(OC)cc2)O[C@@H]1CCO. The van der Waals surface area contributed by atoms with Gasteiger partial charge in [0.15, 0.2) is 20.4 Å². The molecular weight excluding hydrogens is 464 g/mol. The minimum atomic E-state index is -1.96. The largest absolute Gasteiger partial charge is 0.497 e. The molecule has 8 heteroatoms. The molecule has 0 spiro atoms. The van der Waals surface area contributed by atoms with Gasteiger partial charge in [-0.3, -0.25) is 0 Å². The van der Waals surface area contributed by atoms with E-state index in [2.05, 4.69) is 27.7 Å². The van der Waals surface area contributed by atoms with E-state index >= 15 is 0 Å². The Balaban J connectivity index is 1.89. The minimum Gasteiger partial charge on any atom is -0.497 e. The Morgan fingerprint density at radius 3 is 2.26 bits per heavy atom. The van der Waals surface area contributed by atoms with Crippen LogP contribution in [0.2, 0.25) is 18.1 Å². The van der Waals surface area contributed by atoms with E-state index < -0.39 is 20.4 Å². The van der Waals surface area contributed by atoms with Gasteiger partial charge in [-0.2, -0.15) is 0 Å². The predicted molar refractivity (Wildman–Crippen MR) is 138 cm³/mol. The van der Waals surface area contributed by atoms with Crippen molar-refractivity contribution >= 4 is 8.32 Å². The highest BCUT2D eigenvalue weighted by molar-refractivity contribution is 6.73. The first-order valence-corrected chi connectivity index (χ1v) is 15.8. The zero-order valence-electron chi connectivity index (χ0n) is 22.6. The Morgan fingerprint density at radius 1 is 1.09 bits per heavy atom. The highest BCUT2D eigenvalue weighted by Crippen LogP contribution is 2.40. The van der Waals surface area contributed by atoms with Gasteiger partial charge in [0.25, 0.3) is 0 Å². The van der Waals surface area contributed by atoms with E-state index in [1.165, 1.54) is 0 Å². The Morgan fingerprint density at radius 2 is 1.74 bits per heavy atom. The summed E-state index contributed by atoms with van der Waals surface area (Å²) in [6, 6.07) is 10.9. The number of benzene rings is 1. The predicted octanol–water partition coefficient (Wildman–Crippen LogP) is 5.43. The molecule has 3 rings (SSSR count). The van der Waals surface area contributed by atoms with Gasteiger partial charge in [0.1, 0.15) is 5.75 Å². The van der Waals surface area contributed by atoms with E-state index in [-0.39, 0.29) is 36.9 Å². The summed E-state index contributed by atoms with van der Waals surface area (Å²) < 4.78 is 37.5. The molecule has 0 aromatic heterocycles. The van der Waals surface area contributed by atoms with E-state index in [1.54, 1.807) is 7.11 Å². The van der Waals surface area contributed by atoms with Gasteiger partial charge < -0.3 is 33.2 Å². The highest BCUT2D eigenvalue weighted by Gasteiger charge is 2.47. The van der Waals surface area contributed by atoms with Crippen molar-refractivity contribution < 1.29 is 33.2 Å². The molecule has 2 fully saturated rings. The standard InChI is InChI=1S/C27H46O7Si/c1-8-35(9-2,10-3)34-25-23(15-16-28)31-26(20-11-13-21(29-7)14-12-20)32-24(25)19(4)17-22-18-30-27(5,6)33-22/h11-14,19,22-26,28H,8-10,15-18H2,1-7H3/t19-,22-,23-,24+,25-,26-/m1/s1. The fourth-order valence-electron chi connectivity index (χ4n) is 5.30. The van der Waals surface area contributed by atoms with Crippen LogP contribution in [-0.2, 0) is 23.4 Å². The fourth-order valence-corrected chi connectivity index (χ4v) is 8.16. The average Bonchev–Trinajstić information content (AvgIpc) is 3.21. The molecule has 1 aromatic rings. The molecular formula is C27H46O7Si. The number of ether oxygens (including phenoxy) is 5. The van der Waals surface area contributed by atoms with E-state index in [0.29, 0.717) is 13.0 Å². The van der Waals surface area contributed by atoms with Crippen LogP contribution in [0.25, 0.3) is 0 Å². The molecule has 2 saturated heterocycles. The molecule has 0 saturated carbocycles. The number of rotatable bonds is 12. The van der Waals surface area contributed by atoms with Crippen molar-refractivity contribution in [2.75, 3.05) is 20.3 Å². The maximum absolute atomic E-state index is 9.93. The van der Waals surface area contributed by atoms with Gasteiger partial charge >= 0.3 is 0 Å². The lowest BCUT2D eigenvalue weighted by Gasteiger charge is -2.48. The second-order valence-electron chi connectivity index (χ2n) is 10.4. The molecule has 0 amide bonds. The van der Waals surface area contributed by atoms with Gasteiger partial charge in [-0.15, -0.1) is 0 Å². The third-order valence-electron chi connectivity index (χ3n) is 7.65. The Labute approximate surface area is 212 Å². The first-order valence-electron chi connectivity index (χ1n) is 13.2. The smallest absolute Gasteiger partial charge is 0.192 e. The lowest BCUT2D eigenvalue weighted by molar-refractivity contribution is -0.297. The van der Waals surface area contributed by atoms with E-state index in [1.807, 2.05) is 38.1 Å². The second kappa shape index (κ2) is 12.5. The van der Waals surface area contributed by atoms with Crippen LogP contribution in [0.1, 0.15) is 66.2 Å². The molecule has 0 radical (unpaired) electrons. The maximum Gasteiger partial charge on any atom is 0.192 e. The summed E-state index contributed by atoms with van der Waals surface area (Å²) in [4.78, 5) is 0. The Kier molecular flexibility index (Phi) is 10.2. The quantitative estimate of drug-likeness (QED) is 0.376. The third-order valence-corrected chi connectivity index (χ3v) is 12.3. The first-order chi connectivity index (χ1) is 16.7. The minimum absolute atomic E-state index is 0.00773. The van der Waals surface area contributed by atoms with Crippen molar-refractivity contribution in [1.29, 1.82) is 0 Å². The maximum atomic E-state index is 9.93. The molecule has 0 bridgehead atoms. The molecule has 2 aliphatic heterocycles. The molecule has 2 heterocycles. The lowest BCUT2D eigenvalue weighted by Crippen LogP contribution is -2.56. The molecule has 0 aliphatic carbocycles. The van der Waals surface area contributed by atoms with Crippen molar-refractivity contribution in [1.82, 2.24) is 0 Å². The highest BCUT2D eigenvalue weighted by atomic mass is 28.4. The molecule has 0 unspecified atom stereocenters. The van der Waals surface area contributed by atoms with Crippen molar-refractivity contribution in [2.24, 2.45) is 5.92 Å². The van der Waals surface area contributed by atoms with Gasteiger partial charge in [-0.25, -0.2) is 0 Å². The van der Waals surface area contributed by atoms with Gasteiger partial charge in [-0.1, -0.05) is 39.8 Å². The number of aliphatic hydroxyl groups excluding tert-OH is 1. The summed E-state index contributed by atoms with van der Waals surface area (Å²) in [5, 5.41) is 9.93. The molecule has 6 atom stereocenters. The van der Waals surface area contributed by atoms with Gasteiger partial charge in [0, 0.05) is 12.2 Å². The Bertz CT molecular complexity index is 759. The van der Waals surface area contributed by atoms with Gasteiger partial charge in [0.2, 0.25) is 0 Å². The van der Waals surface area contributed by atoms with Crippen LogP contribution < -0.4 is 4.74 Å². The van der Waals surface area contributed by atoms with Crippen molar-refractivity contribution in [3.05, 3.63) is 29.8 Å². The van der Waals surface area contributed by atoms with Crippen LogP contribution >= 0.6 is 0 Å². The van der Waals surface area contributed by atoms with E-state index in [9.17, 15) is 5.11 Å². The zero-order valence-corrected chi connectivity index (χ0v) is 23.6. The van der Waals surface area contributed by atoms with Gasteiger partial charge in [-0.05, 0) is 62.9 Å². The summed E-state index contributed by atoms with van der Waals surface area (Å²) in [6.07, 6.45) is 0.0679. The monoisotopic (exact) mass is 510 g/mol. The third kappa shape index (κ3) is 7.06. The molecule has 7 nitrogen and oxygen atoms in total. The van der Waals surface area contributed by atoms with Crippen LogP contribution in [0.3, 0.4) is 0 Å². The van der Waals surface area contributed by atoms with Crippen LogP contribution in [-0.4, -0.2) is 64.0 Å². The van der Waals surface area contributed by atoms with Crippen LogP contribution in [0, 0.1) is 5.92 Å². The van der Waals surface area contributed by atoms with Crippen LogP contribution in [0.5, 0.6) is 5.75 Å². The van der Waals surface area contributed by atoms with Crippen molar-refractivity contribution in [2.45, 2.75) is 109 Å². The Hall–Kier alpha value is -1.00. The number of methoxy groups -OCH3 is 1. The number of hydrogen-bond acceptors (Lipinski definition) is 7. The van der Waals surface area contributed by atoms with Crippen LogP contribution in [0.4, 0.5) is 0 Å². The molecule has 1 N–H and O–H groups in total. The molecule has 1 aromatic carbocycles. The fraction of sp³-hybridized carbons (Fsp3) is 0.778. The molecule has 2 aliphatic rings. The van der Waals surface area contributed by atoms with E-state index in [0.717, 1.165) is 35.9 Å². The average molecular weight is 511 g/mol. The van der Waals surface area contributed by atoms with Gasteiger partial charge in [0.05, 0.1) is 38.1 Å². The summed E-state index contributed by atoms with van der Waals surface area (Å²) >= 11 is 0. The van der Waals surface area contributed by atoms with E-state index in [4.69, 9.17) is 28.1 Å². The molecule has 35 heavy (non-hydrogen) atoms. The number of hydrogen-bond donors (Lipinski definition) is 1.